The lowest BCUT2D eigenvalue weighted by Gasteiger charge is -2.13. The van der Waals surface area contributed by atoms with E-state index in [1.165, 1.54) is 9.75 Å². The number of rotatable bonds is 3. The van der Waals surface area contributed by atoms with Crippen LogP contribution in [0.25, 0.3) is 0 Å². The molecular weight excluding hydrogens is 242 g/mol. The highest BCUT2D eigenvalue weighted by Crippen LogP contribution is 2.24. The molecule has 0 radical (unpaired) electrons. The largest absolute Gasteiger partial charge is 0.299 e. The van der Waals surface area contributed by atoms with Crippen LogP contribution in [0.1, 0.15) is 28.5 Å². The molecule has 1 atom stereocenters. The number of halogens is 1. The maximum atomic E-state index is 6.00. The Morgan fingerprint density at radius 2 is 2.12 bits per heavy atom. The van der Waals surface area contributed by atoms with Crippen LogP contribution in [0.15, 0.2) is 12.1 Å². The van der Waals surface area contributed by atoms with E-state index in [2.05, 4.69) is 36.2 Å². The maximum Gasteiger partial charge on any atom is 0.225 e. The van der Waals surface area contributed by atoms with Crippen LogP contribution >= 0.6 is 22.9 Å². The fourth-order valence-electron chi connectivity index (χ4n) is 1.82. The van der Waals surface area contributed by atoms with E-state index in [-0.39, 0.29) is 0 Å². The van der Waals surface area contributed by atoms with E-state index in [9.17, 15) is 0 Å². The number of aromatic nitrogens is 3. The first-order valence-corrected chi connectivity index (χ1v) is 6.39. The van der Waals surface area contributed by atoms with Crippen LogP contribution in [0, 0.1) is 13.8 Å². The second-order valence-corrected chi connectivity index (χ2v) is 5.66. The first kappa shape index (κ1) is 11.6. The van der Waals surface area contributed by atoms with Crippen molar-refractivity contribution in [2.75, 3.05) is 0 Å². The Kier molecular flexibility index (Phi) is 3.30. The summed E-state index contributed by atoms with van der Waals surface area (Å²) in [5, 5.41) is 8.30. The van der Waals surface area contributed by atoms with Gasteiger partial charge in [-0.2, -0.15) is 0 Å². The molecule has 0 aliphatic carbocycles. The normalized spacial score (nSPS) is 13.0. The van der Waals surface area contributed by atoms with Crippen LogP contribution in [-0.4, -0.2) is 14.8 Å². The molecule has 0 saturated carbocycles. The minimum atomic E-state index is 0.292. The van der Waals surface area contributed by atoms with Crippen molar-refractivity contribution in [1.29, 1.82) is 0 Å². The van der Waals surface area contributed by atoms with E-state index in [1.807, 2.05) is 22.8 Å². The monoisotopic (exact) mass is 255 g/mol. The summed E-state index contributed by atoms with van der Waals surface area (Å²) in [6.45, 7) is 6.18. The molecule has 2 heterocycles. The summed E-state index contributed by atoms with van der Waals surface area (Å²) in [6.07, 6.45) is 0.969. The fraction of sp³-hybridized carbons (Fsp3) is 0.455. The van der Waals surface area contributed by atoms with Crippen LogP contribution in [0.4, 0.5) is 0 Å². The van der Waals surface area contributed by atoms with Crippen LogP contribution in [0.5, 0.6) is 0 Å². The third-order valence-corrected chi connectivity index (χ3v) is 3.84. The van der Waals surface area contributed by atoms with Gasteiger partial charge in [-0.15, -0.1) is 21.5 Å². The van der Waals surface area contributed by atoms with Crippen molar-refractivity contribution in [2.45, 2.75) is 33.2 Å². The van der Waals surface area contributed by atoms with Crippen LogP contribution in [-0.2, 0) is 6.42 Å². The van der Waals surface area contributed by atoms with Gasteiger partial charge in [0.1, 0.15) is 5.82 Å². The highest BCUT2D eigenvalue weighted by Gasteiger charge is 2.14. The number of thiophene rings is 1. The molecule has 2 rings (SSSR count). The quantitative estimate of drug-likeness (QED) is 0.842. The zero-order valence-electron chi connectivity index (χ0n) is 9.57. The molecule has 0 fully saturated rings. The molecule has 2 aromatic rings. The number of hydrogen-bond donors (Lipinski definition) is 0. The first-order valence-electron chi connectivity index (χ1n) is 5.20. The van der Waals surface area contributed by atoms with Gasteiger partial charge in [0, 0.05) is 22.2 Å². The Bertz CT molecular complexity index is 470. The lowest BCUT2D eigenvalue weighted by atomic mass is 10.2. The highest BCUT2D eigenvalue weighted by molar-refractivity contribution is 7.11. The molecule has 0 aliphatic heterocycles. The Morgan fingerprint density at radius 1 is 1.38 bits per heavy atom. The summed E-state index contributed by atoms with van der Waals surface area (Å²) < 4.78 is 1.97. The Morgan fingerprint density at radius 3 is 2.62 bits per heavy atom. The minimum absolute atomic E-state index is 0.292. The third kappa shape index (κ3) is 2.28. The van der Waals surface area contributed by atoms with Crippen LogP contribution in [0.3, 0.4) is 0 Å². The van der Waals surface area contributed by atoms with Crippen molar-refractivity contribution >= 4 is 22.9 Å². The Hall–Kier alpha value is -0.870. The molecule has 0 aromatic carbocycles. The summed E-state index contributed by atoms with van der Waals surface area (Å²) in [6, 6.07) is 4.61. The van der Waals surface area contributed by atoms with E-state index in [0.29, 0.717) is 11.3 Å². The second kappa shape index (κ2) is 4.55. The summed E-state index contributed by atoms with van der Waals surface area (Å²) in [7, 11) is 0. The second-order valence-electron chi connectivity index (χ2n) is 3.95. The van der Waals surface area contributed by atoms with Crippen molar-refractivity contribution in [2.24, 2.45) is 0 Å². The topological polar surface area (TPSA) is 30.7 Å². The van der Waals surface area contributed by atoms with Gasteiger partial charge in [-0.3, -0.25) is 4.57 Å². The smallest absolute Gasteiger partial charge is 0.225 e. The average molecular weight is 256 g/mol. The molecule has 0 bridgehead atoms. The van der Waals surface area contributed by atoms with E-state index in [0.717, 1.165) is 12.2 Å². The van der Waals surface area contributed by atoms with Gasteiger partial charge in [0.05, 0.1) is 0 Å². The van der Waals surface area contributed by atoms with Crippen molar-refractivity contribution in [1.82, 2.24) is 14.8 Å². The third-order valence-electron chi connectivity index (χ3n) is 2.56. The predicted octanol–water partition coefficient (Wildman–Crippen LogP) is 3.41. The minimum Gasteiger partial charge on any atom is -0.299 e. The Balaban J connectivity index is 2.17. The molecule has 16 heavy (non-hydrogen) atoms. The number of aryl methyl sites for hydroxylation is 2. The van der Waals surface area contributed by atoms with E-state index >= 15 is 0 Å². The maximum absolute atomic E-state index is 6.00. The summed E-state index contributed by atoms with van der Waals surface area (Å²) in [5.41, 5.74) is 0. The SMILES string of the molecule is Cc1ccc(CC(C)n2c(C)nnc2Cl)s1. The van der Waals surface area contributed by atoms with Crippen LogP contribution in [0.2, 0.25) is 5.28 Å². The summed E-state index contributed by atoms with van der Waals surface area (Å²) in [5.74, 6) is 0.866. The zero-order valence-corrected chi connectivity index (χ0v) is 11.1. The molecule has 1 unspecified atom stereocenters. The molecule has 0 N–H and O–H groups in total. The van der Waals surface area contributed by atoms with Gasteiger partial charge < -0.3 is 0 Å². The van der Waals surface area contributed by atoms with Gasteiger partial charge in [0.2, 0.25) is 5.28 Å². The standard InChI is InChI=1S/C11H14ClN3S/c1-7(6-10-5-4-8(2)16-10)15-9(3)13-14-11(15)12/h4-5,7H,6H2,1-3H3. The van der Waals surface area contributed by atoms with E-state index in [4.69, 9.17) is 11.6 Å². The molecule has 0 saturated heterocycles. The van der Waals surface area contributed by atoms with Gasteiger partial charge in [-0.05, 0) is 44.5 Å². The van der Waals surface area contributed by atoms with Gasteiger partial charge >= 0.3 is 0 Å². The lowest BCUT2D eigenvalue weighted by Crippen LogP contribution is -2.09. The molecule has 2 aromatic heterocycles. The Labute approximate surface area is 104 Å². The molecule has 0 aliphatic rings. The fourth-order valence-corrected chi connectivity index (χ4v) is 3.16. The van der Waals surface area contributed by atoms with Gasteiger partial charge in [0.25, 0.3) is 0 Å². The summed E-state index contributed by atoms with van der Waals surface area (Å²) in [4.78, 5) is 2.71. The summed E-state index contributed by atoms with van der Waals surface area (Å²) >= 11 is 7.83. The number of hydrogen-bond acceptors (Lipinski definition) is 3. The van der Waals surface area contributed by atoms with Crippen molar-refractivity contribution in [3.05, 3.63) is 33.0 Å². The molecule has 0 amide bonds. The van der Waals surface area contributed by atoms with Gasteiger partial charge in [-0.1, -0.05) is 0 Å². The van der Waals surface area contributed by atoms with Crippen molar-refractivity contribution in [3.63, 3.8) is 0 Å². The first-order chi connectivity index (χ1) is 7.58. The van der Waals surface area contributed by atoms with Gasteiger partial charge in [-0.25, -0.2) is 0 Å². The lowest BCUT2D eigenvalue weighted by molar-refractivity contribution is 0.534. The van der Waals surface area contributed by atoms with Gasteiger partial charge in [0.15, 0.2) is 0 Å². The molecule has 86 valence electrons. The molecule has 3 nitrogen and oxygen atoms in total. The molecule has 0 spiro atoms. The predicted molar refractivity (Wildman–Crippen MR) is 67.2 cm³/mol. The van der Waals surface area contributed by atoms with Crippen LogP contribution < -0.4 is 0 Å². The van der Waals surface area contributed by atoms with Crippen molar-refractivity contribution in [3.8, 4) is 0 Å². The van der Waals surface area contributed by atoms with E-state index < -0.39 is 0 Å². The molecule has 5 heteroatoms. The highest BCUT2D eigenvalue weighted by atomic mass is 35.5. The van der Waals surface area contributed by atoms with Crippen molar-refractivity contribution < 1.29 is 0 Å². The average Bonchev–Trinajstić information content (AvgIpc) is 2.74. The number of nitrogens with zero attached hydrogens (tertiary/aromatic N) is 3. The molecular formula is C11H14ClN3S. The zero-order chi connectivity index (χ0) is 11.7. The van der Waals surface area contributed by atoms with E-state index in [1.54, 1.807) is 0 Å².